The Hall–Kier alpha value is -1.77. The Bertz CT molecular complexity index is 798. The minimum atomic E-state index is -3.30. The van der Waals surface area contributed by atoms with Crippen molar-refractivity contribution < 1.29 is 8.42 Å². The van der Waals surface area contributed by atoms with Crippen molar-refractivity contribution in [2.45, 2.75) is 12.8 Å². The third kappa shape index (κ3) is 3.35. The van der Waals surface area contributed by atoms with Crippen molar-refractivity contribution in [1.29, 1.82) is 0 Å². The molecule has 2 aromatic rings. The monoisotopic (exact) mass is 349 g/mol. The first-order chi connectivity index (χ1) is 11.4. The summed E-state index contributed by atoms with van der Waals surface area (Å²) >= 11 is 0. The van der Waals surface area contributed by atoms with Crippen molar-refractivity contribution >= 4 is 10.2 Å². The average molecular weight is 349 g/mol. The average Bonchev–Trinajstić information content (AvgIpc) is 3.17. The van der Waals surface area contributed by atoms with Crippen LogP contribution in [0.2, 0.25) is 0 Å². The van der Waals surface area contributed by atoms with E-state index >= 15 is 0 Å². The van der Waals surface area contributed by atoms with Gasteiger partial charge in [0, 0.05) is 46.6 Å². The lowest BCUT2D eigenvalue weighted by Gasteiger charge is -2.20. The fraction of sp³-hybridized carbons (Fsp3) is 0.500. The molecule has 24 heavy (non-hydrogen) atoms. The van der Waals surface area contributed by atoms with E-state index in [2.05, 4.69) is 16.1 Å². The fourth-order valence-corrected chi connectivity index (χ4v) is 4.26. The molecule has 0 N–H and O–H groups in total. The Morgan fingerprint density at radius 1 is 1.29 bits per heavy atom. The maximum absolute atomic E-state index is 12.2. The molecular weight excluding hydrogens is 326 g/mol. The van der Waals surface area contributed by atoms with E-state index in [1.54, 1.807) is 29.3 Å². The zero-order chi connectivity index (χ0) is 17.3. The van der Waals surface area contributed by atoms with E-state index in [1.807, 2.05) is 25.4 Å². The van der Waals surface area contributed by atoms with Gasteiger partial charge in [-0.25, -0.2) is 0 Å². The summed E-state index contributed by atoms with van der Waals surface area (Å²) in [6.07, 6.45) is 5.36. The smallest absolute Gasteiger partial charge is 0.266 e. The minimum absolute atomic E-state index is 0.337. The van der Waals surface area contributed by atoms with Crippen molar-refractivity contribution in [3.8, 4) is 11.4 Å². The summed E-state index contributed by atoms with van der Waals surface area (Å²) in [5.41, 5.74) is 3.00. The van der Waals surface area contributed by atoms with Crippen LogP contribution in [0.4, 0.5) is 0 Å². The molecule has 8 heteroatoms. The second-order valence-electron chi connectivity index (χ2n) is 6.40. The number of pyridine rings is 1. The summed E-state index contributed by atoms with van der Waals surface area (Å²) in [4.78, 5) is 4.52. The SMILES string of the molecule is CN(C)S(=O)(=O)N1CC[C@H](Cc2ccc(-c3ccnn3C)nc2)C1. The highest BCUT2D eigenvalue weighted by atomic mass is 32.2. The normalized spacial score (nSPS) is 19.2. The van der Waals surface area contributed by atoms with Crippen LogP contribution in [0.15, 0.2) is 30.6 Å². The van der Waals surface area contributed by atoms with Gasteiger partial charge in [0.15, 0.2) is 0 Å². The molecule has 3 heterocycles. The van der Waals surface area contributed by atoms with Crippen LogP contribution in [0.25, 0.3) is 11.4 Å². The van der Waals surface area contributed by atoms with Gasteiger partial charge in [-0.3, -0.25) is 9.67 Å². The molecule has 0 aliphatic carbocycles. The molecule has 0 unspecified atom stereocenters. The number of rotatable bonds is 5. The van der Waals surface area contributed by atoms with Crippen LogP contribution >= 0.6 is 0 Å². The zero-order valence-electron chi connectivity index (χ0n) is 14.3. The first-order valence-electron chi connectivity index (χ1n) is 7.99. The maximum atomic E-state index is 12.2. The van der Waals surface area contributed by atoms with Gasteiger partial charge in [0.05, 0.1) is 11.4 Å². The van der Waals surface area contributed by atoms with Crippen LogP contribution in [-0.4, -0.2) is 59.0 Å². The quantitative estimate of drug-likeness (QED) is 0.812. The van der Waals surface area contributed by atoms with Crippen molar-refractivity contribution in [3.05, 3.63) is 36.2 Å². The highest BCUT2D eigenvalue weighted by Gasteiger charge is 2.32. The first-order valence-corrected chi connectivity index (χ1v) is 9.38. The fourth-order valence-electron chi connectivity index (χ4n) is 3.06. The number of nitrogens with zero attached hydrogens (tertiary/aromatic N) is 5. The second kappa shape index (κ2) is 6.62. The Morgan fingerprint density at radius 2 is 2.08 bits per heavy atom. The van der Waals surface area contributed by atoms with E-state index in [4.69, 9.17) is 0 Å². The Kier molecular flexibility index (Phi) is 4.71. The lowest BCUT2D eigenvalue weighted by atomic mass is 10.00. The van der Waals surface area contributed by atoms with E-state index in [1.165, 1.54) is 4.31 Å². The predicted molar refractivity (Wildman–Crippen MR) is 92.4 cm³/mol. The van der Waals surface area contributed by atoms with Crippen molar-refractivity contribution in [3.63, 3.8) is 0 Å². The summed E-state index contributed by atoms with van der Waals surface area (Å²) in [5, 5.41) is 4.15. The molecule has 0 radical (unpaired) electrons. The van der Waals surface area contributed by atoms with Gasteiger partial charge in [-0.2, -0.15) is 22.1 Å². The highest BCUT2D eigenvalue weighted by Crippen LogP contribution is 2.24. The minimum Gasteiger partial charge on any atom is -0.266 e. The van der Waals surface area contributed by atoms with E-state index in [0.717, 1.165) is 29.8 Å². The second-order valence-corrected chi connectivity index (χ2v) is 8.54. The Balaban J connectivity index is 1.65. The molecule has 1 aliphatic heterocycles. The number of hydrogen-bond acceptors (Lipinski definition) is 4. The Morgan fingerprint density at radius 3 is 2.67 bits per heavy atom. The molecule has 0 aromatic carbocycles. The summed E-state index contributed by atoms with van der Waals surface area (Å²) in [5.74, 6) is 0.337. The topological polar surface area (TPSA) is 71.3 Å². The van der Waals surface area contributed by atoms with Gasteiger partial charge in [0.25, 0.3) is 10.2 Å². The van der Waals surface area contributed by atoms with E-state index in [0.29, 0.717) is 19.0 Å². The van der Waals surface area contributed by atoms with E-state index in [9.17, 15) is 8.42 Å². The molecule has 1 atom stereocenters. The lowest BCUT2D eigenvalue weighted by molar-refractivity contribution is 0.409. The standard InChI is InChI=1S/C16H23N5O2S/c1-19(2)24(22,23)21-9-7-14(12-21)10-13-4-5-15(17-11-13)16-6-8-18-20(16)3/h4-6,8,11,14H,7,9-10,12H2,1-3H3/t14-/m1/s1. The largest absolute Gasteiger partial charge is 0.281 e. The molecular formula is C16H23N5O2S. The molecule has 3 rings (SSSR count). The van der Waals surface area contributed by atoms with Crippen LogP contribution < -0.4 is 0 Å². The van der Waals surface area contributed by atoms with Gasteiger partial charge in [-0.1, -0.05) is 6.07 Å². The van der Waals surface area contributed by atoms with Crippen LogP contribution in [0.3, 0.4) is 0 Å². The van der Waals surface area contributed by atoms with Crippen molar-refractivity contribution in [1.82, 2.24) is 23.4 Å². The molecule has 1 aliphatic rings. The predicted octanol–water partition coefficient (Wildman–Crippen LogP) is 1.15. The number of aryl methyl sites for hydroxylation is 1. The molecule has 0 bridgehead atoms. The van der Waals surface area contributed by atoms with E-state index < -0.39 is 10.2 Å². The third-order valence-corrected chi connectivity index (χ3v) is 6.38. The molecule has 1 saturated heterocycles. The summed E-state index contributed by atoms with van der Waals surface area (Å²) in [6, 6.07) is 6.00. The molecule has 0 amide bonds. The number of hydrogen-bond donors (Lipinski definition) is 0. The zero-order valence-corrected chi connectivity index (χ0v) is 15.1. The molecule has 0 spiro atoms. The summed E-state index contributed by atoms with van der Waals surface area (Å²) in [6.45, 7) is 1.16. The first kappa shape index (κ1) is 17.1. The molecule has 2 aromatic heterocycles. The van der Waals surface area contributed by atoms with Crippen LogP contribution in [0, 0.1) is 5.92 Å². The van der Waals surface area contributed by atoms with Crippen molar-refractivity contribution in [2.75, 3.05) is 27.2 Å². The molecule has 130 valence electrons. The summed E-state index contributed by atoms with van der Waals surface area (Å²) < 4.78 is 29.0. The molecule has 7 nitrogen and oxygen atoms in total. The van der Waals surface area contributed by atoms with E-state index in [-0.39, 0.29) is 0 Å². The van der Waals surface area contributed by atoms with Gasteiger partial charge in [-0.15, -0.1) is 0 Å². The van der Waals surface area contributed by atoms with Gasteiger partial charge in [-0.05, 0) is 36.5 Å². The van der Waals surface area contributed by atoms with Gasteiger partial charge >= 0.3 is 0 Å². The number of aromatic nitrogens is 3. The maximum Gasteiger partial charge on any atom is 0.281 e. The van der Waals surface area contributed by atoms with Gasteiger partial charge in [0.2, 0.25) is 0 Å². The lowest BCUT2D eigenvalue weighted by Crippen LogP contribution is -2.38. The van der Waals surface area contributed by atoms with Crippen molar-refractivity contribution in [2.24, 2.45) is 13.0 Å². The molecule has 0 saturated carbocycles. The van der Waals surface area contributed by atoms with Crippen LogP contribution in [-0.2, 0) is 23.7 Å². The van der Waals surface area contributed by atoms with Gasteiger partial charge < -0.3 is 0 Å². The Labute approximate surface area is 143 Å². The van der Waals surface area contributed by atoms with Crippen LogP contribution in [0.1, 0.15) is 12.0 Å². The third-order valence-electron chi connectivity index (χ3n) is 4.47. The molecule has 1 fully saturated rings. The van der Waals surface area contributed by atoms with Gasteiger partial charge in [0.1, 0.15) is 0 Å². The summed E-state index contributed by atoms with van der Waals surface area (Å²) in [7, 11) is 1.74. The van der Waals surface area contributed by atoms with Crippen LogP contribution in [0.5, 0.6) is 0 Å². The highest BCUT2D eigenvalue weighted by molar-refractivity contribution is 7.86.